The molecule has 0 bridgehead atoms. The van der Waals surface area contributed by atoms with Crippen molar-refractivity contribution in [1.82, 2.24) is 9.55 Å². The minimum Gasteiger partial charge on any atom is -0.478 e. The largest absolute Gasteiger partial charge is 0.478 e. The minimum absolute atomic E-state index is 0.0272. The molecule has 1 aromatic heterocycles. The zero-order valence-electron chi connectivity index (χ0n) is 14.0. The second-order valence-corrected chi connectivity index (χ2v) is 5.29. The highest BCUT2D eigenvalue weighted by atomic mass is 16.4. The van der Waals surface area contributed by atoms with Gasteiger partial charge in [0.1, 0.15) is 12.2 Å². The van der Waals surface area contributed by atoms with E-state index in [0.717, 1.165) is 5.57 Å². The average Bonchev–Trinajstić information content (AvgIpc) is 3.11. The Hall–Kier alpha value is -3.35. The Morgan fingerprint density at radius 3 is 2.76 bits per heavy atom. The minimum atomic E-state index is -1.11. The third-order valence-corrected chi connectivity index (χ3v) is 3.47. The number of amides is 1. The molecular formula is C18H18N4O3. The first kappa shape index (κ1) is 18.0. The van der Waals surface area contributed by atoms with Crippen LogP contribution in [-0.4, -0.2) is 45.1 Å². The summed E-state index contributed by atoms with van der Waals surface area (Å²) < 4.78 is 1.68. The maximum atomic E-state index is 12.2. The van der Waals surface area contributed by atoms with Crippen LogP contribution in [0.4, 0.5) is 0 Å². The van der Waals surface area contributed by atoms with E-state index < -0.39 is 11.9 Å². The summed E-state index contributed by atoms with van der Waals surface area (Å²) in [6.45, 7) is 5.48. The molecule has 0 aromatic carbocycles. The molecular weight excluding hydrogens is 320 g/mol. The highest BCUT2D eigenvalue weighted by molar-refractivity contribution is 6.24. The molecule has 25 heavy (non-hydrogen) atoms. The number of carboxylic acids is 1. The van der Waals surface area contributed by atoms with Crippen LogP contribution in [0.3, 0.4) is 0 Å². The molecule has 2 rings (SSSR count). The fraction of sp³-hybridized carbons (Fsp3) is 0.167. The summed E-state index contributed by atoms with van der Waals surface area (Å²) in [5.74, 6) is -1.13. The Bertz CT molecular complexity index is 853. The van der Waals surface area contributed by atoms with Crippen molar-refractivity contribution in [3.63, 3.8) is 0 Å². The Labute approximate surface area is 145 Å². The number of carboxylic acid groups (broad SMARTS) is 1. The van der Waals surface area contributed by atoms with E-state index in [1.807, 2.05) is 6.08 Å². The van der Waals surface area contributed by atoms with Crippen LogP contribution in [0.2, 0.25) is 0 Å². The topological polar surface area (TPSA) is 96.9 Å². The molecule has 0 saturated carbocycles. The first-order chi connectivity index (χ1) is 11.9. The SMILES string of the molecule is C=C(/C=C\C(=NC)n1ccnc1)C(=O)N=C1CC=C(C)C=C1C(=O)O. The van der Waals surface area contributed by atoms with Crippen molar-refractivity contribution in [1.29, 1.82) is 0 Å². The van der Waals surface area contributed by atoms with E-state index in [1.165, 1.54) is 12.2 Å². The summed E-state index contributed by atoms with van der Waals surface area (Å²) in [6, 6.07) is 0. The lowest BCUT2D eigenvalue weighted by atomic mass is 9.98. The van der Waals surface area contributed by atoms with Crippen molar-refractivity contribution < 1.29 is 14.7 Å². The van der Waals surface area contributed by atoms with Gasteiger partial charge in [0.25, 0.3) is 5.91 Å². The molecule has 7 heteroatoms. The lowest BCUT2D eigenvalue weighted by molar-refractivity contribution is -0.132. The van der Waals surface area contributed by atoms with Gasteiger partial charge in [-0.25, -0.2) is 14.8 Å². The van der Waals surface area contributed by atoms with Crippen molar-refractivity contribution in [2.75, 3.05) is 7.05 Å². The fourth-order valence-corrected chi connectivity index (χ4v) is 2.14. The van der Waals surface area contributed by atoms with Crippen LogP contribution in [0.15, 0.2) is 76.3 Å². The van der Waals surface area contributed by atoms with Gasteiger partial charge in [0, 0.05) is 31.4 Å². The van der Waals surface area contributed by atoms with Gasteiger partial charge in [-0.3, -0.25) is 14.4 Å². The van der Waals surface area contributed by atoms with Gasteiger partial charge >= 0.3 is 5.97 Å². The zero-order chi connectivity index (χ0) is 18.4. The summed E-state index contributed by atoms with van der Waals surface area (Å²) in [5.41, 5.74) is 1.20. The molecule has 0 fully saturated rings. The van der Waals surface area contributed by atoms with E-state index in [0.29, 0.717) is 12.3 Å². The molecule has 1 aliphatic rings. The van der Waals surface area contributed by atoms with E-state index in [9.17, 15) is 14.7 Å². The van der Waals surface area contributed by atoms with Crippen molar-refractivity contribution in [2.24, 2.45) is 9.98 Å². The number of hydrogen-bond donors (Lipinski definition) is 1. The number of carbonyl (C=O) groups is 2. The summed E-state index contributed by atoms with van der Waals surface area (Å²) >= 11 is 0. The smallest absolute Gasteiger partial charge is 0.337 e. The van der Waals surface area contributed by atoms with Crippen LogP contribution in [0.1, 0.15) is 13.3 Å². The first-order valence-corrected chi connectivity index (χ1v) is 7.48. The molecule has 128 valence electrons. The van der Waals surface area contributed by atoms with E-state index in [1.54, 1.807) is 43.3 Å². The molecule has 0 aliphatic heterocycles. The van der Waals surface area contributed by atoms with Gasteiger partial charge in [-0.1, -0.05) is 18.2 Å². The molecule has 0 radical (unpaired) electrons. The van der Waals surface area contributed by atoms with Gasteiger partial charge in [-0.15, -0.1) is 0 Å². The number of nitrogens with zero attached hydrogens (tertiary/aromatic N) is 4. The molecule has 7 nitrogen and oxygen atoms in total. The third-order valence-electron chi connectivity index (χ3n) is 3.47. The van der Waals surface area contributed by atoms with E-state index in [2.05, 4.69) is 21.5 Å². The van der Waals surface area contributed by atoms with E-state index >= 15 is 0 Å². The molecule has 0 atom stereocenters. The van der Waals surface area contributed by atoms with Crippen molar-refractivity contribution in [3.8, 4) is 0 Å². The number of aromatic nitrogens is 2. The fourth-order valence-electron chi connectivity index (χ4n) is 2.14. The van der Waals surface area contributed by atoms with Crippen molar-refractivity contribution in [3.05, 3.63) is 66.3 Å². The Morgan fingerprint density at radius 1 is 1.40 bits per heavy atom. The molecule has 1 aromatic rings. The molecule has 1 N–H and O–H groups in total. The second-order valence-electron chi connectivity index (χ2n) is 5.29. The molecule has 0 unspecified atom stereocenters. The van der Waals surface area contributed by atoms with Crippen LogP contribution in [0.5, 0.6) is 0 Å². The van der Waals surface area contributed by atoms with Gasteiger partial charge in [0.15, 0.2) is 0 Å². The lowest BCUT2D eigenvalue weighted by Crippen LogP contribution is -2.17. The highest BCUT2D eigenvalue weighted by Crippen LogP contribution is 2.16. The maximum absolute atomic E-state index is 12.2. The third kappa shape index (κ3) is 4.57. The number of aliphatic imine (C=N–C) groups is 2. The van der Waals surface area contributed by atoms with Crippen LogP contribution in [-0.2, 0) is 9.59 Å². The average molecular weight is 338 g/mol. The van der Waals surface area contributed by atoms with Gasteiger partial charge in [0.2, 0.25) is 0 Å². The predicted molar refractivity (Wildman–Crippen MR) is 95.8 cm³/mol. The maximum Gasteiger partial charge on any atom is 0.337 e. The van der Waals surface area contributed by atoms with E-state index in [4.69, 9.17) is 0 Å². The Morgan fingerprint density at radius 2 is 2.16 bits per heavy atom. The normalized spacial score (nSPS) is 16.7. The van der Waals surface area contributed by atoms with Crippen molar-refractivity contribution >= 4 is 23.4 Å². The number of rotatable bonds is 4. The van der Waals surface area contributed by atoms with Crippen LogP contribution < -0.4 is 0 Å². The molecule has 1 aliphatic carbocycles. The van der Waals surface area contributed by atoms with Gasteiger partial charge in [0.05, 0.1) is 11.3 Å². The second kappa shape index (κ2) is 7.96. The monoisotopic (exact) mass is 338 g/mol. The van der Waals surface area contributed by atoms with Gasteiger partial charge in [-0.2, -0.15) is 0 Å². The molecule has 1 heterocycles. The number of allylic oxidation sites excluding steroid dienone is 4. The Balaban J connectivity index is 2.15. The lowest BCUT2D eigenvalue weighted by Gasteiger charge is -2.10. The Kier molecular flexibility index (Phi) is 5.73. The summed E-state index contributed by atoms with van der Waals surface area (Å²) in [5, 5.41) is 9.24. The van der Waals surface area contributed by atoms with Gasteiger partial charge in [-0.05, 0) is 25.2 Å². The molecule has 0 spiro atoms. The number of hydrogen-bond acceptors (Lipinski definition) is 4. The summed E-state index contributed by atoms with van der Waals surface area (Å²) in [6.07, 6.45) is 11.6. The van der Waals surface area contributed by atoms with Crippen LogP contribution >= 0.6 is 0 Å². The van der Waals surface area contributed by atoms with Gasteiger partial charge < -0.3 is 5.11 Å². The first-order valence-electron chi connectivity index (χ1n) is 7.48. The number of imidazole rings is 1. The van der Waals surface area contributed by atoms with E-state index in [-0.39, 0.29) is 16.9 Å². The molecule has 1 amide bonds. The van der Waals surface area contributed by atoms with Crippen molar-refractivity contribution in [2.45, 2.75) is 13.3 Å². The predicted octanol–water partition coefficient (Wildman–Crippen LogP) is 2.20. The van der Waals surface area contributed by atoms with Crippen LogP contribution in [0, 0.1) is 0 Å². The standard InChI is InChI=1S/C18H18N4O3/c1-12-4-6-15(14(10-12)18(24)25)21-17(23)13(2)5-7-16(19-3)22-9-8-20-11-22/h4-5,7-11H,2,6H2,1,3H3,(H,24,25)/b7-5-,19-16?,21-15?. The number of carbonyl (C=O) groups excluding carboxylic acids is 1. The number of aliphatic carboxylic acids is 1. The highest BCUT2D eigenvalue weighted by Gasteiger charge is 2.19. The summed E-state index contributed by atoms with van der Waals surface area (Å²) in [4.78, 5) is 35.4. The summed E-state index contributed by atoms with van der Waals surface area (Å²) in [7, 11) is 1.62. The van der Waals surface area contributed by atoms with Crippen LogP contribution in [0.25, 0.3) is 0 Å². The quantitative estimate of drug-likeness (QED) is 0.394. The molecule has 0 saturated heterocycles. The zero-order valence-corrected chi connectivity index (χ0v) is 14.0.